The van der Waals surface area contributed by atoms with Gasteiger partial charge in [0, 0.05) is 26.7 Å². The topological polar surface area (TPSA) is 89.9 Å². The molecule has 0 spiro atoms. The maximum atomic E-state index is 9.02. The van der Waals surface area contributed by atoms with Gasteiger partial charge in [0.15, 0.2) is 0 Å². The van der Waals surface area contributed by atoms with Crippen LogP contribution in [-0.4, -0.2) is 46.4 Å². The second kappa shape index (κ2) is 6.43. The summed E-state index contributed by atoms with van der Waals surface area (Å²) in [4.78, 5) is 14.0. The Balaban J connectivity index is 0.00000121. The number of nitrogens with zero attached hydrogens (tertiary/aromatic N) is 4. The zero-order valence-corrected chi connectivity index (χ0v) is 13.2. The molecule has 1 aliphatic rings. The fourth-order valence-electron chi connectivity index (χ4n) is 3.05. The van der Waals surface area contributed by atoms with Crippen LogP contribution < -0.4 is 5.32 Å². The van der Waals surface area contributed by atoms with Crippen molar-refractivity contribution in [2.24, 2.45) is 0 Å². The number of ether oxygens (including phenoxy) is 1. The molecule has 2 N–H and O–H groups in total. The SMILES string of the molecule is N#Cc1cc2c(cn1)[nH]c1ncc(NCOCN3CCCC3)cc12.[HH].[HH]. The van der Waals surface area contributed by atoms with Gasteiger partial charge in [-0.3, -0.25) is 4.90 Å². The molecule has 4 heterocycles. The second-order valence-electron chi connectivity index (χ2n) is 5.95. The van der Waals surface area contributed by atoms with Crippen molar-refractivity contribution in [3.05, 3.63) is 30.2 Å². The van der Waals surface area contributed by atoms with E-state index in [0.29, 0.717) is 19.2 Å². The molecule has 3 aromatic heterocycles. The molecule has 0 saturated carbocycles. The highest BCUT2D eigenvalue weighted by Gasteiger charge is 2.11. The average Bonchev–Trinajstić information content (AvgIpc) is 3.25. The van der Waals surface area contributed by atoms with E-state index in [9.17, 15) is 0 Å². The van der Waals surface area contributed by atoms with Crippen LogP contribution in [0.15, 0.2) is 24.5 Å². The van der Waals surface area contributed by atoms with Crippen LogP contribution in [0.3, 0.4) is 0 Å². The highest BCUT2D eigenvalue weighted by molar-refractivity contribution is 6.06. The number of nitrogens with one attached hydrogen (secondary N) is 2. The maximum absolute atomic E-state index is 9.02. The fourth-order valence-corrected chi connectivity index (χ4v) is 3.05. The Morgan fingerprint density at radius 1 is 1.25 bits per heavy atom. The predicted octanol–water partition coefficient (Wildman–Crippen LogP) is 2.91. The number of pyridine rings is 2. The first-order chi connectivity index (χ1) is 11.8. The molecular formula is C17H22N6O. The number of hydrogen-bond acceptors (Lipinski definition) is 6. The lowest BCUT2D eigenvalue weighted by Crippen LogP contribution is -2.24. The molecule has 1 saturated heterocycles. The molecule has 0 atom stereocenters. The van der Waals surface area contributed by atoms with E-state index in [0.717, 1.165) is 40.7 Å². The summed E-state index contributed by atoms with van der Waals surface area (Å²) >= 11 is 0. The third kappa shape index (κ3) is 2.89. The van der Waals surface area contributed by atoms with E-state index in [1.54, 1.807) is 18.5 Å². The Kier molecular flexibility index (Phi) is 3.99. The molecule has 1 aliphatic heterocycles. The van der Waals surface area contributed by atoms with E-state index < -0.39 is 0 Å². The Morgan fingerprint density at radius 3 is 2.96 bits per heavy atom. The van der Waals surface area contributed by atoms with Gasteiger partial charge in [0.05, 0.1) is 23.6 Å². The Bertz CT molecular complexity index is 917. The van der Waals surface area contributed by atoms with E-state index in [-0.39, 0.29) is 2.85 Å². The number of aromatic amines is 1. The minimum Gasteiger partial charge on any atom is -0.361 e. The van der Waals surface area contributed by atoms with Crippen molar-refractivity contribution in [2.45, 2.75) is 12.8 Å². The maximum Gasteiger partial charge on any atom is 0.141 e. The lowest BCUT2D eigenvalue weighted by molar-refractivity contribution is 0.0526. The van der Waals surface area contributed by atoms with Crippen LogP contribution in [0.5, 0.6) is 0 Å². The van der Waals surface area contributed by atoms with Crippen LogP contribution in [0.1, 0.15) is 21.4 Å². The molecule has 0 amide bonds. The van der Waals surface area contributed by atoms with Crippen molar-refractivity contribution in [3.63, 3.8) is 0 Å². The standard InChI is InChI=1S/C17H18N6O.2H2/c18-7-12-5-14-15-6-13(8-20-17(15)22-16(14)9-19-12)21-10-24-11-23-3-1-2-4-23;;/h5-6,8-9,21H,1-4,10-11H2,(H,20,22);2*1H. The van der Waals surface area contributed by atoms with Gasteiger partial charge in [-0.25, -0.2) is 9.97 Å². The van der Waals surface area contributed by atoms with Crippen LogP contribution in [-0.2, 0) is 4.74 Å². The average molecular weight is 326 g/mol. The van der Waals surface area contributed by atoms with Gasteiger partial charge in [-0.05, 0) is 25.0 Å². The summed E-state index contributed by atoms with van der Waals surface area (Å²) in [6, 6.07) is 5.87. The molecule has 0 unspecified atom stereocenters. The Labute approximate surface area is 142 Å². The van der Waals surface area contributed by atoms with Gasteiger partial charge in [0.2, 0.25) is 0 Å². The minimum atomic E-state index is 0. The number of hydrogen-bond donors (Lipinski definition) is 2. The van der Waals surface area contributed by atoms with Crippen molar-refractivity contribution >= 4 is 27.6 Å². The highest BCUT2D eigenvalue weighted by Crippen LogP contribution is 2.26. The summed E-state index contributed by atoms with van der Waals surface area (Å²) in [6.45, 7) is 3.35. The minimum absolute atomic E-state index is 0. The Morgan fingerprint density at radius 2 is 2.12 bits per heavy atom. The molecule has 0 radical (unpaired) electrons. The number of likely N-dealkylation sites (tertiary alicyclic amines) is 1. The summed E-state index contributed by atoms with van der Waals surface area (Å²) in [5.41, 5.74) is 2.94. The molecule has 24 heavy (non-hydrogen) atoms. The number of nitriles is 1. The molecule has 3 aromatic rings. The third-order valence-electron chi connectivity index (χ3n) is 4.30. The van der Waals surface area contributed by atoms with Gasteiger partial charge in [-0.15, -0.1) is 0 Å². The molecule has 7 nitrogen and oxygen atoms in total. The quantitative estimate of drug-likeness (QED) is 0.553. The summed E-state index contributed by atoms with van der Waals surface area (Å²) < 4.78 is 5.67. The van der Waals surface area contributed by atoms with Gasteiger partial charge in [0.25, 0.3) is 0 Å². The molecule has 1 fully saturated rings. The van der Waals surface area contributed by atoms with Crippen LogP contribution in [0, 0.1) is 11.3 Å². The van der Waals surface area contributed by atoms with E-state index in [4.69, 9.17) is 10.00 Å². The molecule has 7 heteroatoms. The van der Waals surface area contributed by atoms with Crippen molar-refractivity contribution in [1.29, 1.82) is 5.26 Å². The van der Waals surface area contributed by atoms with E-state index in [2.05, 4.69) is 31.2 Å². The fraction of sp³-hybridized carbons (Fsp3) is 0.353. The molecular weight excluding hydrogens is 304 g/mol. The van der Waals surface area contributed by atoms with Gasteiger partial charge in [-0.1, -0.05) is 0 Å². The van der Waals surface area contributed by atoms with Crippen molar-refractivity contribution < 1.29 is 7.59 Å². The molecule has 4 rings (SSSR count). The smallest absolute Gasteiger partial charge is 0.141 e. The van der Waals surface area contributed by atoms with Crippen LogP contribution in [0.25, 0.3) is 21.9 Å². The van der Waals surface area contributed by atoms with Crippen LogP contribution in [0.2, 0.25) is 0 Å². The van der Waals surface area contributed by atoms with Gasteiger partial charge in [0.1, 0.15) is 30.9 Å². The number of fused-ring (bicyclic) bond motifs is 3. The number of rotatable bonds is 5. The van der Waals surface area contributed by atoms with E-state index in [1.165, 1.54) is 12.8 Å². The first kappa shape index (κ1) is 14.9. The summed E-state index contributed by atoms with van der Waals surface area (Å²) in [6.07, 6.45) is 5.96. The Hall–Kier alpha value is -2.69. The van der Waals surface area contributed by atoms with Crippen molar-refractivity contribution in [3.8, 4) is 6.07 Å². The van der Waals surface area contributed by atoms with Crippen LogP contribution in [0.4, 0.5) is 5.69 Å². The van der Waals surface area contributed by atoms with Gasteiger partial charge >= 0.3 is 0 Å². The second-order valence-corrected chi connectivity index (χ2v) is 5.95. The largest absolute Gasteiger partial charge is 0.361 e. The van der Waals surface area contributed by atoms with Crippen LogP contribution >= 0.6 is 0 Å². The molecule has 0 bridgehead atoms. The molecule has 126 valence electrons. The van der Waals surface area contributed by atoms with Crippen molar-refractivity contribution in [2.75, 3.05) is 31.9 Å². The summed E-state index contributed by atoms with van der Waals surface area (Å²) in [7, 11) is 0. The lowest BCUT2D eigenvalue weighted by atomic mass is 10.2. The van der Waals surface area contributed by atoms with Crippen molar-refractivity contribution in [1.82, 2.24) is 19.9 Å². The van der Waals surface area contributed by atoms with Gasteiger partial charge in [-0.2, -0.15) is 5.26 Å². The molecule has 0 aliphatic carbocycles. The number of aromatic nitrogens is 3. The van der Waals surface area contributed by atoms with Gasteiger partial charge < -0.3 is 15.0 Å². The predicted molar refractivity (Wildman–Crippen MR) is 95.6 cm³/mol. The lowest BCUT2D eigenvalue weighted by Gasteiger charge is -2.15. The number of H-pyrrole nitrogens is 1. The van der Waals surface area contributed by atoms with E-state index >= 15 is 0 Å². The zero-order chi connectivity index (χ0) is 16.4. The monoisotopic (exact) mass is 326 g/mol. The first-order valence-electron chi connectivity index (χ1n) is 8.05. The number of anilines is 1. The highest BCUT2D eigenvalue weighted by atomic mass is 16.5. The summed E-state index contributed by atoms with van der Waals surface area (Å²) in [5, 5.41) is 14.2. The zero-order valence-electron chi connectivity index (χ0n) is 13.2. The van der Waals surface area contributed by atoms with E-state index in [1.807, 2.05) is 6.07 Å². The first-order valence-corrected chi connectivity index (χ1v) is 8.05. The summed E-state index contributed by atoms with van der Waals surface area (Å²) in [5.74, 6) is 0. The third-order valence-corrected chi connectivity index (χ3v) is 4.30. The normalized spacial score (nSPS) is 15.1. The molecule has 0 aromatic carbocycles.